The monoisotopic (exact) mass is 955 g/mol. The zero-order valence-electron chi connectivity index (χ0n) is 44.5. The van der Waals surface area contributed by atoms with Gasteiger partial charge in [0.15, 0.2) is 6.10 Å². The average molecular weight is 956 g/mol. The third kappa shape index (κ3) is 54.6. The molecule has 390 valence electrons. The molecule has 0 saturated heterocycles. The average Bonchev–Trinajstić information content (AvgIpc) is 3.35. The third-order valence-corrected chi connectivity index (χ3v) is 11.5. The predicted octanol–water partition coefficient (Wildman–Crippen LogP) is 18.9. The molecule has 1 unspecified atom stereocenters. The highest BCUT2D eigenvalue weighted by Crippen LogP contribution is 2.14. The summed E-state index contributed by atoms with van der Waals surface area (Å²) in [5.74, 6) is -0.971. The summed E-state index contributed by atoms with van der Waals surface area (Å²) in [6, 6.07) is 0. The van der Waals surface area contributed by atoms with Crippen LogP contribution in [0.5, 0.6) is 0 Å². The molecule has 0 aromatic carbocycles. The molecule has 0 aliphatic carbocycles. The fourth-order valence-corrected chi connectivity index (χ4v) is 7.32. The molecule has 0 aliphatic heterocycles. The lowest BCUT2D eigenvalue weighted by molar-refractivity contribution is -0.167. The number of carbonyl (C=O) groups excluding carboxylic acids is 3. The minimum absolute atomic E-state index is 0.104. The molecule has 0 rings (SSSR count). The van der Waals surface area contributed by atoms with Gasteiger partial charge in [-0.2, -0.15) is 0 Å². The largest absolute Gasteiger partial charge is 0.462 e. The Kier molecular flexibility index (Phi) is 53.0. The van der Waals surface area contributed by atoms with Crippen molar-refractivity contribution in [1.82, 2.24) is 0 Å². The number of esters is 3. The summed E-state index contributed by atoms with van der Waals surface area (Å²) in [5, 5.41) is 0. The third-order valence-electron chi connectivity index (χ3n) is 11.5. The van der Waals surface area contributed by atoms with Gasteiger partial charge in [-0.25, -0.2) is 0 Å². The molecule has 0 spiro atoms. The number of allylic oxidation sites excluding steroid dienone is 20. The maximum Gasteiger partial charge on any atom is 0.306 e. The smallest absolute Gasteiger partial charge is 0.306 e. The number of unbranched alkanes of at least 4 members (excludes halogenated alkanes) is 18. The van der Waals surface area contributed by atoms with Crippen LogP contribution in [-0.4, -0.2) is 37.2 Å². The quantitative estimate of drug-likeness (QED) is 0.0262. The highest BCUT2D eigenvalue weighted by Gasteiger charge is 2.19. The van der Waals surface area contributed by atoms with Crippen molar-refractivity contribution in [2.24, 2.45) is 0 Å². The van der Waals surface area contributed by atoms with E-state index in [0.29, 0.717) is 19.3 Å². The first kappa shape index (κ1) is 64.8. The normalized spacial score (nSPS) is 13.0. The molecule has 0 heterocycles. The number of hydrogen-bond donors (Lipinski definition) is 0. The van der Waals surface area contributed by atoms with E-state index in [1.165, 1.54) is 64.2 Å². The van der Waals surface area contributed by atoms with Gasteiger partial charge in [-0.15, -0.1) is 0 Å². The molecule has 6 nitrogen and oxygen atoms in total. The second-order valence-corrected chi connectivity index (χ2v) is 18.1. The molecule has 0 saturated carbocycles. The molecule has 0 amide bonds. The van der Waals surface area contributed by atoms with E-state index >= 15 is 0 Å². The second kappa shape index (κ2) is 56.4. The van der Waals surface area contributed by atoms with Crippen LogP contribution in [0.2, 0.25) is 0 Å². The summed E-state index contributed by atoms with van der Waals surface area (Å²) in [7, 11) is 0. The van der Waals surface area contributed by atoms with Crippen LogP contribution in [0.15, 0.2) is 122 Å². The second-order valence-electron chi connectivity index (χ2n) is 18.1. The zero-order valence-corrected chi connectivity index (χ0v) is 44.5. The lowest BCUT2D eigenvalue weighted by atomic mass is 10.0. The van der Waals surface area contributed by atoms with Crippen LogP contribution in [0.25, 0.3) is 0 Å². The molecule has 0 fully saturated rings. The minimum Gasteiger partial charge on any atom is -0.462 e. The molecular weight excluding hydrogens is 853 g/mol. The maximum atomic E-state index is 12.8. The van der Waals surface area contributed by atoms with Crippen LogP contribution in [0.4, 0.5) is 0 Å². The summed E-state index contributed by atoms with van der Waals surface area (Å²) in [5.41, 5.74) is 0. The molecule has 1 atom stereocenters. The van der Waals surface area contributed by atoms with Crippen LogP contribution in [0.3, 0.4) is 0 Å². The Bertz CT molecular complexity index is 1470. The van der Waals surface area contributed by atoms with Crippen molar-refractivity contribution in [1.29, 1.82) is 0 Å². The lowest BCUT2D eigenvalue weighted by Gasteiger charge is -2.18. The Morgan fingerprint density at radius 3 is 0.884 bits per heavy atom. The summed E-state index contributed by atoms with van der Waals surface area (Å²) >= 11 is 0. The van der Waals surface area contributed by atoms with Gasteiger partial charge in [-0.3, -0.25) is 14.4 Å². The molecular formula is C63H102O6. The Morgan fingerprint density at radius 1 is 0.304 bits per heavy atom. The molecule has 69 heavy (non-hydrogen) atoms. The van der Waals surface area contributed by atoms with Crippen LogP contribution >= 0.6 is 0 Å². The Labute approximate surface area is 424 Å². The molecule has 0 aliphatic rings. The minimum atomic E-state index is -0.811. The van der Waals surface area contributed by atoms with Crippen molar-refractivity contribution in [2.45, 2.75) is 245 Å². The predicted molar refractivity (Wildman–Crippen MR) is 297 cm³/mol. The van der Waals surface area contributed by atoms with Gasteiger partial charge in [0.1, 0.15) is 13.2 Å². The Hall–Kier alpha value is -4.19. The Morgan fingerprint density at radius 2 is 0.565 bits per heavy atom. The van der Waals surface area contributed by atoms with Crippen molar-refractivity contribution in [3.63, 3.8) is 0 Å². The van der Waals surface area contributed by atoms with Gasteiger partial charge in [-0.05, 0) is 109 Å². The van der Waals surface area contributed by atoms with Crippen molar-refractivity contribution < 1.29 is 28.6 Å². The van der Waals surface area contributed by atoms with E-state index in [2.05, 4.69) is 142 Å². The summed E-state index contributed by atoms with van der Waals surface area (Å²) < 4.78 is 16.8. The van der Waals surface area contributed by atoms with Gasteiger partial charge in [0.2, 0.25) is 0 Å². The van der Waals surface area contributed by atoms with Crippen molar-refractivity contribution in [2.75, 3.05) is 13.2 Å². The number of ether oxygens (including phenoxy) is 3. The first-order valence-corrected chi connectivity index (χ1v) is 28.0. The van der Waals surface area contributed by atoms with Crippen LogP contribution in [0, 0.1) is 0 Å². The molecule has 0 bridgehead atoms. The topological polar surface area (TPSA) is 78.9 Å². The molecule has 0 N–H and O–H groups in total. The van der Waals surface area contributed by atoms with Gasteiger partial charge >= 0.3 is 17.9 Å². The Balaban J connectivity index is 4.52. The van der Waals surface area contributed by atoms with Crippen LogP contribution < -0.4 is 0 Å². The molecule has 0 aromatic rings. The van der Waals surface area contributed by atoms with Gasteiger partial charge in [0, 0.05) is 19.3 Å². The number of hydrogen-bond acceptors (Lipinski definition) is 6. The van der Waals surface area contributed by atoms with E-state index in [1.54, 1.807) is 0 Å². The summed E-state index contributed by atoms with van der Waals surface area (Å²) in [6.45, 7) is 6.35. The van der Waals surface area contributed by atoms with Crippen molar-refractivity contribution >= 4 is 17.9 Å². The van der Waals surface area contributed by atoms with Crippen LogP contribution in [0.1, 0.15) is 239 Å². The first-order chi connectivity index (χ1) is 34.0. The van der Waals surface area contributed by atoms with E-state index < -0.39 is 6.10 Å². The number of carbonyl (C=O) groups is 3. The van der Waals surface area contributed by atoms with E-state index in [-0.39, 0.29) is 37.5 Å². The van der Waals surface area contributed by atoms with Crippen molar-refractivity contribution in [3.8, 4) is 0 Å². The van der Waals surface area contributed by atoms with Gasteiger partial charge in [0.05, 0.1) is 0 Å². The highest BCUT2D eigenvalue weighted by atomic mass is 16.6. The fourth-order valence-electron chi connectivity index (χ4n) is 7.32. The van der Waals surface area contributed by atoms with E-state index in [1.807, 2.05) is 0 Å². The lowest BCUT2D eigenvalue weighted by Crippen LogP contribution is -2.30. The zero-order chi connectivity index (χ0) is 50.0. The molecule has 0 radical (unpaired) electrons. The van der Waals surface area contributed by atoms with Gasteiger partial charge in [-0.1, -0.05) is 232 Å². The van der Waals surface area contributed by atoms with Crippen molar-refractivity contribution in [3.05, 3.63) is 122 Å². The summed E-state index contributed by atoms with van der Waals surface area (Å²) in [6.07, 6.45) is 77.5. The van der Waals surface area contributed by atoms with E-state index in [0.717, 1.165) is 128 Å². The van der Waals surface area contributed by atoms with Crippen LogP contribution in [-0.2, 0) is 28.6 Å². The fraction of sp³-hybridized carbons (Fsp3) is 0.635. The summed E-state index contributed by atoms with van der Waals surface area (Å²) in [4.78, 5) is 38.1. The van der Waals surface area contributed by atoms with Gasteiger partial charge < -0.3 is 14.2 Å². The SMILES string of the molecule is CC/C=C\C/C=C\C/C=C\C/C=C\C/C=C\CCCCCC(=O)OCC(COC(=O)CCCCCCCCCCCCCCC)OC(=O)CCCCC/C=C\C/C=C\C/C=C\C/C=C\C/C=C\CC. The maximum absolute atomic E-state index is 12.8. The number of rotatable bonds is 49. The molecule has 0 aromatic heterocycles. The standard InChI is InChI=1S/C63H102O6/c1-4-7-10-13-16-19-22-25-27-29-31-33-35-38-41-44-47-50-53-56-62(65)68-59-60(58-67-61(64)55-52-49-46-43-40-37-24-21-18-15-12-9-6-3)69-63(66)57-54-51-48-45-42-39-36-34-32-30-28-26-23-20-17-14-11-8-5-2/h7-8,10-11,16-17,19-20,25-28,31-34,38-39,41-42,60H,4-6,9,12-15,18,21-24,29-30,35-37,40,43-59H2,1-3H3/b10-7-,11-8-,19-16-,20-17-,27-25-,28-26-,33-31-,34-32-,41-38-,42-39-. The highest BCUT2D eigenvalue weighted by molar-refractivity contribution is 5.71. The first-order valence-electron chi connectivity index (χ1n) is 28.0. The van der Waals surface area contributed by atoms with Gasteiger partial charge in [0.25, 0.3) is 0 Å². The van der Waals surface area contributed by atoms with E-state index in [9.17, 15) is 14.4 Å². The molecule has 6 heteroatoms. The van der Waals surface area contributed by atoms with E-state index in [4.69, 9.17) is 14.2 Å².